The van der Waals surface area contributed by atoms with Gasteiger partial charge < -0.3 is 10.2 Å². The minimum absolute atomic E-state index is 0.0852. The number of hydrogen-bond donors (Lipinski definition) is 2. The predicted octanol–water partition coefficient (Wildman–Crippen LogP) is 5.08. The Balaban J connectivity index is 2.70. The quantitative estimate of drug-likeness (QED) is 0.801. The van der Waals surface area contributed by atoms with Crippen LogP contribution in [0.5, 0.6) is 5.75 Å². The fourth-order valence-electron chi connectivity index (χ4n) is 3.04. The number of aromatic hydroxyl groups is 1. The van der Waals surface area contributed by atoms with Crippen molar-refractivity contribution in [2.75, 3.05) is 0 Å². The van der Waals surface area contributed by atoms with Crippen molar-refractivity contribution in [1.82, 2.24) is 4.98 Å². The van der Waals surface area contributed by atoms with Crippen molar-refractivity contribution in [2.45, 2.75) is 72.3 Å². The van der Waals surface area contributed by atoms with E-state index in [4.69, 9.17) is 0 Å². The summed E-state index contributed by atoms with van der Waals surface area (Å²) >= 11 is 0. The lowest BCUT2D eigenvalue weighted by atomic mass is 9.78. The second kappa shape index (κ2) is 6.45. The molecule has 3 nitrogen and oxygen atoms in total. The molecule has 25 heavy (non-hydrogen) atoms. The Kier molecular flexibility index (Phi) is 5.02. The van der Waals surface area contributed by atoms with E-state index in [0.717, 1.165) is 22.4 Å². The Morgan fingerprint density at radius 1 is 0.880 bits per heavy atom. The van der Waals surface area contributed by atoms with Gasteiger partial charge in [0, 0.05) is 11.3 Å². The van der Waals surface area contributed by atoms with Crippen LogP contribution in [0.15, 0.2) is 24.3 Å². The molecular weight excluding hydrogens is 310 g/mol. The molecule has 2 aromatic rings. The summed E-state index contributed by atoms with van der Waals surface area (Å²) in [6, 6.07) is 7.81. The molecule has 0 bridgehead atoms. The van der Waals surface area contributed by atoms with E-state index in [2.05, 4.69) is 52.6 Å². The molecule has 3 heteroatoms. The van der Waals surface area contributed by atoms with Gasteiger partial charge in [-0.15, -0.1) is 0 Å². The number of benzene rings is 1. The maximum absolute atomic E-state index is 11.0. The molecule has 2 N–H and O–H groups in total. The molecule has 0 spiro atoms. The van der Waals surface area contributed by atoms with E-state index in [1.54, 1.807) is 0 Å². The smallest absolute Gasteiger partial charge is 0.125 e. The highest BCUT2D eigenvalue weighted by Crippen LogP contribution is 2.41. The summed E-state index contributed by atoms with van der Waals surface area (Å²) in [4.78, 5) is 4.47. The largest absolute Gasteiger partial charge is 0.507 e. The lowest BCUT2D eigenvalue weighted by molar-refractivity contribution is 0.209. The molecule has 1 aromatic carbocycles. The lowest BCUT2D eigenvalue weighted by Gasteiger charge is -2.28. The third-order valence-corrected chi connectivity index (χ3v) is 4.51. The zero-order valence-electron chi connectivity index (χ0n) is 16.7. The summed E-state index contributed by atoms with van der Waals surface area (Å²) in [6.45, 7) is 16.5. The Bertz CT molecular complexity index is 760. The normalized spacial score (nSPS) is 13.8. The molecule has 136 valence electrons. The van der Waals surface area contributed by atoms with Crippen molar-refractivity contribution in [3.8, 4) is 5.75 Å². The maximum atomic E-state index is 11.0. The van der Waals surface area contributed by atoms with E-state index in [9.17, 15) is 10.2 Å². The standard InChI is InChI=1S/C22H31NO2/c1-13-9-14(2)23-18(10-13)20(25)16-11-15(21(3,4)5)12-17(19(16)24)22(6,7)8/h9-12,20,24-25H,1-8H3. The van der Waals surface area contributed by atoms with Crippen LogP contribution in [-0.4, -0.2) is 15.2 Å². The molecule has 1 aromatic heterocycles. The molecular formula is C22H31NO2. The highest BCUT2D eigenvalue weighted by Gasteiger charge is 2.28. The second-order valence-corrected chi connectivity index (χ2v) is 9.07. The maximum Gasteiger partial charge on any atom is 0.125 e. The van der Waals surface area contributed by atoms with Crippen molar-refractivity contribution >= 4 is 0 Å². The van der Waals surface area contributed by atoms with Crippen molar-refractivity contribution in [3.63, 3.8) is 0 Å². The molecule has 0 saturated carbocycles. The van der Waals surface area contributed by atoms with Crippen molar-refractivity contribution < 1.29 is 10.2 Å². The van der Waals surface area contributed by atoms with Gasteiger partial charge in [0.25, 0.3) is 0 Å². The van der Waals surface area contributed by atoms with Crippen LogP contribution < -0.4 is 0 Å². The zero-order valence-corrected chi connectivity index (χ0v) is 16.7. The summed E-state index contributed by atoms with van der Waals surface area (Å²) in [5.41, 5.74) is 4.62. The van der Waals surface area contributed by atoms with Crippen LogP contribution in [0, 0.1) is 13.8 Å². The van der Waals surface area contributed by atoms with Crippen LogP contribution in [0.3, 0.4) is 0 Å². The molecule has 2 rings (SSSR count). The number of hydrogen-bond acceptors (Lipinski definition) is 3. The van der Waals surface area contributed by atoms with Crippen LogP contribution in [0.1, 0.15) is 81.3 Å². The molecule has 0 fully saturated rings. The predicted molar refractivity (Wildman–Crippen MR) is 103 cm³/mol. The van der Waals surface area contributed by atoms with Crippen molar-refractivity contribution in [2.24, 2.45) is 0 Å². The van der Waals surface area contributed by atoms with Gasteiger partial charge in [0.05, 0.1) is 5.69 Å². The van der Waals surface area contributed by atoms with Crippen LogP contribution in [0.2, 0.25) is 0 Å². The number of phenolic OH excluding ortho intramolecular Hbond substituents is 1. The average molecular weight is 341 g/mol. The number of pyridine rings is 1. The summed E-state index contributed by atoms with van der Waals surface area (Å²) < 4.78 is 0. The van der Waals surface area contributed by atoms with E-state index < -0.39 is 6.10 Å². The Hall–Kier alpha value is -1.87. The third kappa shape index (κ3) is 4.21. The molecule has 0 amide bonds. The van der Waals surface area contributed by atoms with Gasteiger partial charge in [0.2, 0.25) is 0 Å². The first-order valence-electron chi connectivity index (χ1n) is 8.82. The molecule has 1 heterocycles. The van der Waals surface area contributed by atoms with Gasteiger partial charge in [-0.25, -0.2) is 0 Å². The number of aromatic nitrogens is 1. The van der Waals surface area contributed by atoms with Gasteiger partial charge in [0.1, 0.15) is 11.9 Å². The van der Waals surface area contributed by atoms with Gasteiger partial charge in [-0.3, -0.25) is 4.98 Å². The summed E-state index contributed by atoms with van der Waals surface area (Å²) in [6.07, 6.45) is -0.956. The van der Waals surface area contributed by atoms with Crippen LogP contribution >= 0.6 is 0 Å². The fraction of sp³-hybridized carbons (Fsp3) is 0.500. The molecule has 0 saturated heterocycles. The zero-order chi connectivity index (χ0) is 19.2. The lowest BCUT2D eigenvalue weighted by Crippen LogP contribution is -2.18. The monoisotopic (exact) mass is 341 g/mol. The average Bonchev–Trinajstić information content (AvgIpc) is 2.43. The Morgan fingerprint density at radius 3 is 1.96 bits per heavy atom. The first-order valence-corrected chi connectivity index (χ1v) is 8.82. The molecule has 0 aliphatic rings. The molecule has 1 unspecified atom stereocenters. The van der Waals surface area contributed by atoms with Crippen LogP contribution in [-0.2, 0) is 10.8 Å². The minimum Gasteiger partial charge on any atom is -0.507 e. The molecule has 1 atom stereocenters. The summed E-state index contributed by atoms with van der Waals surface area (Å²) in [5.74, 6) is 0.161. The SMILES string of the molecule is Cc1cc(C)nc(C(O)c2cc(C(C)(C)C)cc(C(C)(C)C)c2O)c1. The minimum atomic E-state index is -0.956. The van der Waals surface area contributed by atoms with Gasteiger partial charge in [-0.2, -0.15) is 0 Å². The van der Waals surface area contributed by atoms with Crippen molar-refractivity contribution in [3.05, 3.63) is 57.9 Å². The number of aryl methyl sites for hydroxylation is 2. The second-order valence-electron chi connectivity index (χ2n) is 9.07. The first kappa shape index (κ1) is 19.5. The number of nitrogens with zero attached hydrogens (tertiary/aromatic N) is 1. The van der Waals surface area contributed by atoms with Gasteiger partial charge in [0.15, 0.2) is 0 Å². The Labute approximate surface area is 151 Å². The topological polar surface area (TPSA) is 53.4 Å². The van der Waals surface area contributed by atoms with E-state index in [1.165, 1.54) is 0 Å². The Morgan fingerprint density at radius 2 is 1.48 bits per heavy atom. The van der Waals surface area contributed by atoms with E-state index in [1.807, 2.05) is 32.0 Å². The molecule has 0 radical (unpaired) electrons. The van der Waals surface area contributed by atoms with Gasteiger partial charge in [-0.1, -0.05) is 47.6 Å². The molecule has 0 aliphatic carbocycles. The van der Waals surface area contributed by atoms with E-state index in [-0.39, 0.29) is 16.6 Å². The van der Waals surface area contributed by atoms with Gasteiger partial charge >= 0.3 is 0 Å². The van der Waals surface area contributed by atoms with Crippen molar-refractivity contribution in [1.29, 1.82) is 0 Å². The molecule has 0 aliphatic heterocycles. The fourth-order valence-corrected chi connectivity index (χ4v) is 3.04. The number of rotatable bonds is 2. The summed E-state index contributed by atoms with van der Waals surface area (Å²) in [5, 5.41) is 21.9. The highest BCUT2D eigenvalue weighted by molar-refractivity contribution is 5.51. The number of aliphatic hydroxyl groups excluding tert-OH is 1. The highest BCUT2D eigenvalue weighted by atomic mass is 16.3. The van der Waals surface area contributed by atoms with Crippen LogP contribution in [0.4, 0.5) is 0 Å². The third-order valence-electron chi connectivity index (χ3n) is 4.51. The van der Waals surface area contributed by atoms with E-state index >= 15 is 0 Å². The summed E-state index contributed by atoms with van der Waals surface area (Å²) in [7, 11) is 0. The van der Waals surface area contributed by atoms with Gasteiger partial charge in [-0.05, 0) is 59.6 Å². The number of phenols is 1. The number of aliphatic hydroxyl groups is 1. The van der Waals surface area contributed by atoms with Crippen LogP contribution in [0.25, 0.3) is 0 Å². The first-order chi connectivity index (χ1) is 11.3. The van der Waals surface area contributed by atoms with E-state index in [0.29, 0.717) is 11.3 Å².